The lowest BCUT2D eigenvalue weighted by Gasteiger charge is -2.47. The molecular weight excluding hydrogens is 328 g/mol. The summed E-state index contributed by atoms with van der Waals surface area (Å²) in [6.45, 7) is 0. The van der Waals surface area contributed by atoms with E-state index >= 15 is 0 Å². The van der Waals surface area contributed by atoms with Gasteiger partial charge in [0.2, 0.25) is 11.1 Å². The Kier molecular flexibility index (Phi) is 4.09. The van der Waals surface area contributed by atoms with E-state index in [1.54, 1.807) is 0 Å². The molecule has 0 saturated carbocycles. The van der Waals surface area contributed by atoms with Gasteiger partial charge in [0, 0.05) is 0 Å². The monoisotopic (exact) mass is 332 g/mol. The summed E-state index contributed by atoms with van der Waals surface area (Å²) in [5.41, 5.74) is -6.57. The zero-order chi connectivity index (χ0) is 17.0. The van der Waals surface area contributed by atoms with Crippen molar-refractivity contribution in [3.05, 3.63) is 0 Å². The molecule has 0 amide bonds. The fourth-order valence-corrected chi connectivity index (χ4v) is 1.22. The van der Waals surface area contributed by atoms with E-state index in [-0.39, 0.29) is 0 Å². The minimum atomic E-state index is -7.18. The highest BCUT2D eigenvalue weighted by atomic mass is 19.4. The van der Waals surface area contributed by atoms with Crippen LogP contribution in [-0.2, 0) is 0 Å². The molecule has 20 heavy (non-hydrogen) atoms. The van der Waals surface area contributed by atoms with Crippen LogP contribution in [0, 0.1) is 0 Å². The smallest absolute Gasteiger partial charge is 0.308 e. The van der Waals surface area contributed by atoms with Crippen molar-refractivity contribution in [2.24, 2.45) is 11.5 Å². The first-order valence-corrected chi connectivity index (χ1v) is 4.10. The van der Waals surface area contributed by atoms with Crippen LogP contribution in [0.3, 0.4) is 0 Å². The van der Waals surface area contributed by atoms with E-state index in [2.05, 4.69) is 11.5 Å². The lowest BCUT2D eigenvalue weighted by molar-refractivity contribution is -0.398. The van der Waals surface area contributed by atoms with Gasteiger partial charge in [0.1, 0.15) is 0 Å². The van der Waals surface area contributed by atoms with E-state index < -0.39 is 35.8 Å². The molecule has 0 aliphatic carbocycles. The molecule has 0 rings (SSSR count). The zero-order valence-corrected chi connectivity index (χ0v) is 8.69. The van der Waals surface area contributed by atoms with Crippen molar-refractivity contribution in [3.8, 4) is 0 Å². The molecule has 0 atom stereocenters. The van der Waals surface area contributed by atoms with Crippen molar-refractivity contribution in [1.29, 1.82) is 0 Å². The molecule has 0 unspecified atom stereocenters. The Hall–Kier alpha value is -0.920. The average molecular weight is 332 g/mol. The molecule has 0 aromatic rings. The Bertz CT molecular complexity index is 292. The van der Waals surface area contributed by atoms with Crippen molar-refractivity contribution in [2.45, 2.75) is 35.8 Å². The van der Waals surface area contributed by atoms with Crippen LogP contribution in [0.4, 0.5) is 52.7 Å². The molecule has 14 heteroatoms. The molecule has 0 aliphatic rings. The molecule has 122 valence electrons. The highest BCUT2D eigenvalue weighted by Crippen LogP contribution is 2.57. The number of hydrogen-bond donors (Lipinski definition) is 2. The Balaban J connectivity index is 6.71. The molecule has 4 N–H and O–H groups in total. The average Bonchev–Trinajstić information content (AvgIpc) is 2.07. The third-order valence-electron chi connectivity index (χ3n) is 2.41. The molecule has 0 fully saturated rings. The summed E-state index contributed by atoms with van der Waals surface area (Å²) >= 11 is 0. The van der Waals surface area contributed by atoms with Crippen LogP contribution < -0.4 is 11.5 Å². The topological polar surface area (TPSA) is 52.0 Å². The molecule has 0 aliphatic heterocycles. The Morgan fingerprint density at radius 1 is 0.350 bits per heavy atom. The molecule has 0 saturated heterocycles. The van der Waals surface area contributed by atoms with Crippen LogP contribution in [0.2, 0.25) is 0 Å². The summed E-state index contributed by atoms with van der Waals surface area (Å²) in [6.07, 6.45) is -28.7. The van der Waals surface area contributed by atoms with E-state index in [9.17, 15) is 52.7 Å². The van der Waals surface area contributed by atoms with E-state index in [1.165, 1.54) is 0 Å². The van der Waals surface area contributed by atoms with E-state index in [4.69, 9.17) is 0 Å². The first kappa shape index (κ1) is 19.1. The van der Waals surface area contributed by atoms with Gasteiger partial charge in [-0.25, -0.2) is 0 Å². The second-order valence-corrected chi connectivity index (χ2v) is 3.61. The SMILES string of the molecule is NC(C(F)(F)F)(C(F)(F)F)C(N)(C(F)(F)F)C(F)(F)F. The zero-order valence-electron chi connectivity index (χ0n) is 8.69. The van der Waals surface area contributed by atoms with Crippen LogP contribution in [0.1, 0.15) is 0 Å². The molecular formula is C6H4F12N2. The number of halogens is 12. The molecule has 0 radical (unpaired) electrons. The first-order chi connectivity index (χ1) is 8.25. The van der Waals surface area contributed by atoms with Gasteiger partial charge < -0.3 is 11.5 Å². The van der Waals surface area contributed by atoms with Crippen molar-refractivity contribution >= 4 is 0 Å². The number of hydrogen-bond acceptors (Lipinski definition) is 2. The predicted molar refractivity (Wildman–Crippen MR) is 38.1 cm³/mol. The quantitative estimate of drug-likeness (QED) is 0.726. The second-order valence-electron chi connectivity index (χ2n) is 3.61. The Labute approximate surface area is 101 Å². The first-order valence-electron chi connectivity index (χ1n) is 4.10. The second kappa shape index (κ2) is 4.29. The maximum Gasteiger partial charge on any atom is 0.417 e. The third-order valence-corrected chi connectivity index (χ3v) is 2.41. The van der Waals surface area contributed by atoms with Crippen molar-refractivity contribution in [3.63, 3.8) is 0 Å². The maximum atomic E-state index is 12.2. The predicted octanol–water partition coefficient (Wildman–Crippen LogP) is 2.63. The fourth-order valence-electron chi connectivity index (χ4n) is 1.22. The van der Waals surface area contributed by atoms with Gasteiger partial charge in [0.25, 0.3) is 0 Å². The van der Waals surface area contributed by atoms with Gasteiger partial charge in [0.15, 0.2) is 0 Å². The maximum absolute atomic E-state index is 12.2. The summed E-state index contributed by atoms with van der Waals surface area (Å²) in [7, 11) is 0. The summed E-state index contributed by atoms with van der Waals surface area (Å²) < 4.78 is 147. The fraction of sp³-hybridized carbons (Fsp3) is 1.00. The molecule has 0 aromatic carbocycles. The minimum Gasteiger partial charge on any atom is -0.308 e. The summed E-state index contributed by atoms with van der Waals surface area (Å²) in [5.74, 6) is 0. The van der Waals surface area contributed by atoms with Crippen LogP contribution in [0.15, 0.2) is 0 Å². The van der Waals surface area contributed by atoms with E-state index in [1.807, 2.05) is 0 Å². The van der Waals surface area contributed by atoms with E-state index in [0.29, 0.717) is 0 Å². The molecule has 2 nitrogen and oxygen atoms in total. The van der Waals surface area contributed by atoms with Gasteiger partial charge in [-0.1, -0.05) is 0 Å². The lowest BCUT2D eigenvalue weighted by atomic mass is 9.75. The minimum absolute atomic E-state index is 3.49. The van der Waals surface area contributed by atoms with Crippen LogP contribution in [0.5, 0.6) is 0 Å². The largest absolute Gasteiger partial charge is 0.417 e. The van der Waals surface area contributed by atoms with E-state index in [0.717, 1.165) is 0 Å². The number of alkyl halides is 12. The van der Waals surface area contributed by atoms with Crippen LogP contribution >= 0.6 is 0 Å². The molecule has 0 aromatic heterocycles. The van der Waals surface area contributed by atoms with Gasteiger partial charge in [-0.15, -0.1) is 0 Å². The van der Waals surface area contributed by atoms with Crippen LogP contribution in [0.25, 0.3) is 0 Å². The molecule has 0 bridgehead atoms. The van der Waals surface area contributed by atoms with Gasteiger partial charge in [-0.3, -0.25) is 0 Å². The van der Waals surface area contributed by atoms with Crippen molar-refractivity contribution < 1.29 is 52.7 Å². The number of rotatable bonds is 1. The van der Waals surface area contributed by atoms with Gasteiger partial charge in [0.05, 0.1) is 0 Å². The van der Waals surface area contributed by atoms with Crippen LogP contribution in [-0.4, -0.2) is 35.8 Å². The Morgan fingerprint density at radius 3 is 0.500 bits per heavy atom. The number of nitrogens with two attached hydrogens (primary N) is 2. The molecule has 0 spiro atoms. The summed E-state index contributed by atoms with van der Waals surface area (Å²) in [5, 5.41) is 0. The highest BCUT2D eigenvalue weighted by molar-refractivity contribution is 5.22. The molecule has 0 heterocycles. The van der Waals surface area contributed by atoms with Crippen molar-refractivity contribution in [2.75, 3.05) is 0 Å². The summed E-state index contributed by atoms with van der Waals surface area (Å²) in [4.78, 5) is 0. The standard InChI is InChI=1S/C6H4F12N2/c7-3(8,9)1(19,4(10,11)12)2(20,5(13,14)15)6(16,17)18/h19-20H2. The van der Waals surface area contributed by atoms with Gasteiger partial charge >= 0.3 is 24.7 Å². The third kappa shape index (κ3) is 2.27. The van der Waals surface area contributed by atoms with Crippen molar-refractivity contribution in [1.82, 2.24) is 0 Å². The Morgan fingerprint density at radius 2 is 0.450 bits per heavy atom. The summed E-state index contributed by atoms with van der Waals surface area (Å²) in [6, 6.07) is 0. The highest BCUT2D eigenvalue weighted by Gasteiger charge is 2.90. The lowest BCUT2D eigenvalue weighted by Crippen LogP contribution is -2.88. The van der Waals surface area contributed by atoms with Gasteiger partial charge in [-0.2, -0.15) is 52.7 Å². The normalized spacial score (nSPS) is 16.5. The van der Waals surface area contributed by atoms with Gasteiger partial charge in [-0.05, 0) is 0 Å².